The van der Waals surface area contributed by atoms with E-state index < -0.39 is 15.9 Å². The van der Waals surface area contributed by atoms with Crippen LogP contribution in [0.4, 0.5) is 0 Å². The number of aliphatic hydroxyl groups is 1. The van der Waals surface area contributed by atoms with Gasteiger partial charge in [-0.3, -0.25) is 0 Å². The fourth-order valence-corrected chi connectivity index (χ4v) is 2.45. The van der Waals surface area contributed by atoms with Gasteiger partial charge in [0.1, 0.15) is 6.33 Å². The van der Waals surface area contributed by atoms with E-state index in [1.54, 1.807) is 24.4 Å². The van der Waals surface area contributed by atoms with Crippen molar-refractivity contribution >= 4 is 9.84 Å². The van der Waals surface area contributed by atoms with Crippen LogP contribution in [0.2, 0.25) is 0 Å². The van der Waals surface area contributed by atoms with Gasteiger partial charge < -0.3 is 10.4 Å². The smallest absolute Gasteiger partial charge is 0.175 e. The number of benzene rings is 1. The van der Waals surface area contributed by atoms with E-state index in [1.165, 1.54) is 18.5 Å². The molecule has 0 aliphatic heterocycles. The van der Waals surface area contributed by atoms with Gasteiger partial charge in [-0.25, -0.2) is 18.4 Å². The van der Waals surface area contributed by atoms with Gasteiger partial charge in [0.05, 0.1) is 16.7 Å². The second kappa shape index (κ2) is 6.75. The lowest BCUT2D eigenvalue weighted by Crippen LogP contribution is -2.21. The maximum absolute atomic E-state index is 11.4. The Morgan fingerprint density at radius 3 is 2.52 bits per heavy atom. The average molecular weight is 307 g/mol. The zero-order valence-corrected chi connectivity index (χ0v) is 12.4. The molecule has 1 unspecified atom stereocenters. The van der Waals surface area contributed by atoms with Crippen molar-refractivity contribution in [3.8, 4) is 0 Å². The molecule has 112 valence electrons. The first-order valence-electron chi connectivity index (χ1n) is 6.40. The first-order valence-corrected chi connectivity index (χ1v) is 8.29. The Kier molecular flexibility index (Phi) is 5.00. The second-order valence-corrected chi connectivity index (χ2v) is 6.70. The summed E-state index contributed by atoms with van der Waals surface area (Å²) in [6.07, 6.45) is 3.57. The quantitative estimate of drug-likeness (QED) is 0.816. The van der Waals surface area contributed by atoms with Crippen LogP contribution < -0.4 is 5.32 Å². The molecule has 7 heteroatoms. The number of hydrogen-bond donors (Lipinski definition) is 2. The summed E-state index contributed by atoms with van der Waals surface area (Å²) in [6, 6.07) is 8.03. The van der Waals surface area contributed by atoms with E-state index in [4.69, 9.17) is 0 Å². The van der Waals surface area contributed by atoms with Gasteiger partial charge >= 0.3 is 0 Å². The van der Waals surface area contributed by atoms with E-state index >= 15 is 0 Å². The van der Waals surface area contributed by atoms with Gasteiger partial charge in [0.25, 0.3) is 0 Å². The number of aliphatic hydroxyl groups excluding tert-OH is 1. The summed E-state index contributed by atoms with van der Waals surface area (Å²) in [5.41, 5.74) is 1.50. The van der Waals surface area contributed by atoms with Crippen LogP contribution in [0.5, 0.6) is 0 Å². The van der Waals surface area contributed by atoms with Crippen molar-refractivity contribution in [2.24, 2.45) is 0 Å². The van der Waals surface area contributed by atoms with Crippen molar-refractivity contribution in [2.75, 3.05) is 12.8 Å². The summed E-state index contributed by atoms with van der Waals surface area (Å²) in [7, 11) is -3.21. The van der Waals surface area contributed by atoms with E-state index in [-0.39, 0.29) is 4.90 Å². The van der Waals surface area contributed by atoms with Gasteiger partial charge in [-0.05, 0) is 23.8 Å². The van der Waals surface area contributed by atoms with Crippen LogP contribution in [-0.2, 0) is 16.4 Å². The summed E-state index contributed by atoms with van der Waals surface area (Å²) in [5, 5.41) is 13.1. The van der Waals surface area contributed by atoms with Crippen molar-refractivity contribution in [1.29, 1.82) is 0 Å². The third kappa shape index (κ3) is 4.59. The Hall–Kier alpha value is -1.83. The lowest BCUT2D eigenvalue weighted by Gasteiger charge is -2.12. The van der Waals surface area contributed by atoms with Gasteiger partial charge in [0, 0.05) is 25.5 Å². The molecule has 0 bridgehead atoms. The van der Waals surface area contributed by atoms with Crippen LogP contribution in [0, 0.1) is 0 Å². The molecule has 2 aromatic rings. The highest BCUT2D eigenvalue weighted by Crippen LogP contribution is 2.16. The first-order chi connectivity index (χ1) is 9.97. The van der Waals surface area contributed by atoms with Crippen molar-refractivity contribution < 1.29 is 13.5 Å². The molecule has 2 rings (SSSR count). The van der Waals surface area contributed by atoms with Gasteiger partial charge in [0.2, 0.25) is 0 Å². The zero-order valence-electron chi connectivity index (χ0n) is 11.6. The van der Waals surface area contributed by atoms with Crippen LogP contribution in [0.1, 0.15) is 17.4 Å². The second-order valence-electron chi connectivity index (χ2n) is 4.69. The highest BCUT2D eigenvalue weighted by molar-refractivity contribution is 7.90. The predicted octanol–water partition coefficient (Wildman–Crippen LogP) is 0.703. The lowest BCUT2D eigenvalue weighted by atomic mass is 10.1. The molecular weight excluding hydrogens is 290 g/mol. The summed E-state index contributed by atoms with van der Waals surface area (Å²) >= 11 is 0. The topological polar surface area (TPSA) is 92.2 Å². The minimum Gasteiger partial charge on any atom is -0.387 e. The zero-order chi connectivity index (χ0) is 15.3. The SMILES string of the molecule is CS(=O)(=O)c1ccc(C(O)CNCc2ccncn2)cc1. The van der Waals surface area contributed by atoms with Crippen LogP contribution >= 0.6 is 0 Å². The molecule has 0 fully saturated rings. The highest BCUT2D eigenvalue weighted by atomic mass is 32.2. The molecule has 0 radical (unpaired) electrons. The van der Waals surface area contributed by atoms with Crippen LogP contribution in [0.15, 0.2) is 47.8 Å². The monoisotopic (exact) mass is 307 g/mol. The van der Waals surface area contributed by atoms with E-state index in [9.17, 15) is 13.5 Å². The van der Waals surface area contributed by atoms with Crippen LogP contribution in [-0.4, -0.2) is 36.3 Å². The highest BCUT2D eigenvalue weighted by Gasteiger charge is 2.10. The summed E-state index contributed by atoms with van der Waals surface area (Å²) in [5.74, 6) is 0. The number of aromatic nitrogens is 2. The number of nitrogens with zero attached hydrogens (tertiary/aromatic N) is 2. The molecule has 6 nitrogen and oxygen atoms in total. The number of nitrogens with one attached hydrogen (secondary N) is 1. The molecule has 0 aliphatic rings. The minimum atomic E-state index is -3.21. The number of rotatable bonds is 6. The van der Waals surface area contributed by atoms with E-state index in [1.807, 2.05) is 0 Å². The Bertz CT molecular complexity index is 672. The Morgan fingerprint density at radius 1 is 1.24 bits per heavy atom. The Morgan fingerprint density at radius 2 is 1.95 bits per heavy atom. The molecule has 0 saturated carbocycles. The fourth-order valence-electron chi connectivity index (χ4n) is 1.81. The van der Waals surface area contributed by atoms with Crippen molar-refractivity contribution in [1.82, 2.24) is 15.3 Å². The predicted molar refractivity (Wildman–Crippen MR) is 78.3 cm³/mol. The van der Waals surface area contributed by atoms with Gasteiger partial charge in [-0.1, -0.05) is 12.1 Å². The van der Waals surface area contributed by atoms with Crippen LogP contribution in [0.25, 0.3) is 0 Å². The molecule has 0 amide bonds. The fraction of sp³-hybridized carbons (Fsp3) is 0.286. The van der Waals surface area contributed by atoms with Crippen molar-refractivity contribution in [3.63, 3.8) is 0 Å². The number of hydrogen-bond acceptors (Lipinski definition) is 6. The molecule has 1 aromatic carbocycles. The summed E-state index contributed by atoms with van der Waals surface area (Å²) < 4.78 is 22.7. The number of sulfone groups is 1. The maximum Gasteiger partial charge on any atom is 0.175 e. The normalized spacial score (nSPS) is 13.0. The third-order valence-corrected chi connectivity index (χ3v) is 4.11. The molecule has 1 aromatic heterocycles. The largest absolute Gasteiger partial charge is 0.387 e. The summed E-state index contributed by atoms with van der Waals surface area (Å²) in [6.45, 7) is 0.878. The first kappa shape index (κ1) is 15.6. The molecule has 0 spiro atoms. The van der Waals surface area contributed by atoms with Gasteiger partial charge in [-0.15, -0.1) is 0 Å². The molecule has 21 heavy (non-hydrogen) atoms. The standard InChI is InChI=1S/C14H17N3O3S/c1-21(19,20)13-4-2-11(3-5-13)14(18)9-16-8-12-6-7-15-10-17-12/h2-7,10,14,16,18H,8-9H2,1H3. The molecule has 1 heterocycles. The maximum atomic E-state index is 11.4. The molecule has 1 atom stereocenters. The average Bonchev–Trinajstić information content (AvgIpc) is 2.47. The molecule has 0 saturated heterocycles. The Labute approximate surface area is 123 Å². The van der Waals surface area contributed by atoms with E-state index in [2.05, 4.69) is 15.3 Å². The minimum absolute atomic E-state index is 0.243. The van der Waals surface area contributed by atoms with E-state index in [0.717, 1.165) is 11.9 Å². The van der Waals surface area contributed by atoms with Crippen LogP contribution in [0.3, 0.4) is 0 Å². The van der Waals surface area contributed by atoms with Crippen molar-refractivity contribution in [2.45, 2.75) is 17.5 Å². The van der Waals surface area contributed by atoms with Crippen molar-refractivity contribution in [3.05, 3.63) is 54.1 Å². The van der Waals surface area contributed by atoms with E-state index in [0.29, 0.717) is 18.7 Å². The molecule has 2 N–H and O–H groups in total. The van der Waals surface area contributed by atoms with Gasteiger partial charge in [0.15, 0.2) is 9.84 Å². The third-order valence-electron chi connectivity index (χ3n) is 2.98. The molecular formula is C14H17N3O3S. The Balaban J connectivity index is 1.90. The molecule has 0 aliphatic carbocycles. The summed E-state index contributed by atoms with van der Waals surface area (Å²) in [4.78, 5) is 8.13. The van der Waals surface area contributed by atoms with Gasteiger partial charge in [-0.2, -0.15) is 0 Å². The lowest BCUT2D eigenvalue weighted by molar-refractivity contribution is 0.174.